The Morgan fingerprint density at radius 3 is 2.22 bits per heavy atom. The Kier molecular flexibility index (Phi) is 6.80. The maximum Gasteiger partial charge on any atom is 0.416 e. The largest absolute Gasteiger partial charge is 0.457 e. The first-order valence-electron chi connectivity index (χ1n) is 11.6. The first-order chi connectivity index (χ1) is 17.8. The number of halogens is 4. The SMILES string of the molecule is C=C1N(Cc2ccncc2)CC(c2cccc(C(F)(F)F)c2)N1c1ccc(Oc2ccc(Cl)cc2)cc1. The predicted octanol–water partition coefficient (Wildman–Crippen LogP) is 8.08. The highest BCUT2D eigenvalue weighted by atomic mass is 35.5. The van der Waals surface area contributed by atoms with Crippen LogP contribution in [0.2, 0.25) is 5.02 Å². The van der Waals surface area contributed by atoms with Crippen molar-refractivity contribution in [2.24, 2.45) is 0 Å². The predicted molar refractivity (Wildman–Crippen MR) is 138 cm³/mol. The minimum Gasteiger partial charge on any atom is -0.457 e. The van der Waals surface area contributed by atoms with Crippen molar-refractivity contribution >= 4 is 17.3 Å². The van der Waals surface area contributed by atoms with Gasteiger partial charge in [0, 0.05) is 36.2 Å². The summed E-state index contributed by atoms with van der Waals surface area (Å²) in [6.07, 6.45) is -0.987. The number of nitrogens with zero attached hydrogens (tertiary/aromatic N) is 3. The van der Waals surface area contributed by atoms with Crippen LogP contribution in [-0.2, 0) is 12.7 Å². The van der Waals surface area contributed by atoms with Crippen LogP contribution < -0.4 is 9.64 Å². The third-order valence-electron chi connectivity index (χ3n) is 6.23. The van der Waals surface area contributed by atoms with Gasteiger partial charge in [-0.05, 0) is 83.9 Å². The Morgan fingerprint density at radius 2 is 1.57 bits per heavy atom. The van der Waals surface area contributed by atoms with Gasteiger partial charge in [-0.3, -0.25) is 4.98 Å². The highest BCUT2D eigenvalue weighted by Gasteiger charge is 2.37. The van der Waals surface area contributed by atoms with Crippen LogP contribution in [0.5, 0.6) is 11.5 Å². The van der Waals surface area contributed by atoms with Crippen LogP contribution in [0, 0.1) is 0 Å². The van der Waals surface area contributed by atoms with Crippen LogP contribution in [0.1, 0.15) is 22.7 Å². The van der Waals surface area contributed by atoms with Crippen LogP contribution >= 0.6 is 11.6 Å². The van der Waals surface area contributed by atoms with Crippen molar-refractivity contribution in [3.8, 4) is 11.5 Å². The Hall–Kier alpha value is -3.97. The van der Waals surface area contributed by atoms with Gasteiger partial charge in [-0.15, -0.1) is 0 Å². The van der Waals surface area contributed by atoms with Gasteiger partial charge in [0.2, 0.25) is 0 Å². The number of benzene rings is 3. The molecular formula is C29H23ClF3N3O. The molecule has 0 saturated carbocycles. The van der Waals surface area contributed by atoms with E-state index in [0.29, 0.717) is 41.0 Å². The van der Waals surface area contributed by atoms with E-state index in [-0.39, 0.29) is 6.04 Å². The molecule has 0 radical (unpaired) electrons. The molecule has 3 aromatic carbocycles. The van der Waals surface area contributed by atoms with E-state index in [4.69, 9.17) is 16.3 Å². The molecule has 0 amide bonds. The summed E-state index contributed by atoms with van der Waals surface area (Å²) in [5.41, 5.74) is 1.73. The van der Waals surface area contributed by atoms with Crippen molar-refractivity contribution in [2.75, 3.05) is 11.4 Å². The van der Waals surface area contributed by atoms with E-state index in [1.807, 2.05) is 41.3 Å². The van der Waals surface area contributed by atoms with Gasteiger partial charge in [0.1, 0.15) is 17.3 Å². The molecule has 1 fully saturated rings. The number of hydrogen-bond donors (Lipinski definition) is 0. The molecule has 5 rings (SSSR count). The van der Waals surface area contributed by atoms with E-state index in [2.05, 4.69) is 16.5 Å². The van der Waals surface area contributed by atoms with Crippen molar-refractivity contribution in [2.45, 2.75) is 18.8 Å². The lowest BCUT2D eigenvalue weighted by molar-refractivity contribution is -0.137. The molecule has 0 N–H and O–H groups in total. The molecule has 1 aromatic heterocycles. The van der Waals surface area contributed by atoms with E-state index in [9.17, 15) is 13.2 Å². The molecule has 2 heterocycles. The second kappa shape index (κ2) is 10.2. The molecule has 0 bridgehead atoms. The van der Waals surface area contributed by atoms with Gasteiger partial charge in [0.05, 0.1) is 11.6 Å². The maximum absolute atomic E-state index is 13.5. The summed E-state index contributed by atoms with van der Waals surface area (Å²) in [6, 6.07) is 23.4. The third-order valence-corrected chi connectivity index (χ3v) is 6.49. The molecule has 0 aliphatic carbocycles. The van der Waals surface area contributed by atoms with E-state index in [1.165, 1.54) is 12.1 Å². The van der Waals surface area contributed by atoms with Crippen molar-refractivity contribution < 1.29 is 17.9 Å². The van der Waals surface area contributed by atoms with E-state index in [0.717, 1.165) is 17.3 Å². The van der Waals surface area contributed by atoms with Gasteiger partial charge in [0.15, 0.2) is 0 Å². The summed E-state index contributed by atoms with van der Waals surface area (Å²) < 4.78 is 46.4. The fraction of sp³-hybridized carbons (Fsp3) is 0.138. The van der Waals surface area contributed by atoms with E-state index in [1.54, 1.807) is 42.7 Å². The summed E-state index contributed by atoms with van der Waals surface area (Å²) >= 11 is 5.94. The zero-order valence-electron chi connectivity index (χ0n) is 19.7. The third kappa shape index (κ3) is 5.57. The van der Waals surface area contributed by atoms with Gasteiger partial charge in [-0.1, -0.05) is 30.3 Å². The van der Waals surface area contributed by atoms with E-state index >= 15 is 0 Å². The van der Waals surface area contributed by atoms with Gasteiger partial charge >= 0.3 is 6.18 Å². The molecule has 37 heavy (non-hydrogen) atoms. The van der Waals surface area contributed by atoms with Gasteiger partial charge in [0.25, 0.3) is 0 Å². The first kappa shape index (κ1) is 24.7. The number of alkyl halides is 3. The second-order valence-electron chi connectivity index (χ2n) is 8.71. The standard InChI is InChI=1S/C29H23ClF3N3O/c1-20-35(18-21-13-15-34-16-14-21)19-28(22-3-2-4-23(17-22)29(31,32)33)36(20)25-7-11-27(12-8-25)37-26-9-5-24(30)6-10-26/h2-17,28H,1,18-19H2. The monoisotopic (exact) mass is 521 g/mol. The van der Waals surface area contributed by atoms with E-state index < -0.39 is 11.7 Å². The van der Waals surface area contributed by atoms with Crippen molar-refractivity contribution in [3.63, 3.8) is 0 Å². The zero-order chi connectivity index (χ0) is 26.0. The fourth-order valence-electron chi connectivity index (χ4n) is 4.41. The fourth-order valence-corrected chi connectivity index (χ4v) is 4.54. The second-order valence-corrected chi connectivity index (χ2v) is 9.15. The van der Waals surface area contributed by atoms with Crippen LogP contribution in [0.25, 0.3) is 0 Å². The Bertz CT molecular complexity index is 1380. The molecule has 1 saturated heterocycles. The molecule has 1 atom stereocenters. The Labute approximate surface area is 218 Å². The average Bonchev–Trinajstić information content (AvgIpc) is 3.22. The molecule has 0 spiro atoms. The number of aromatic nitrogens is 1. The molecule has 4 nitrogen and oxygen atoms in total. The number of rotatable bonds is 6. The lowest BCUT2D eigenvalue weighted by Crippen LogP contribution is -2.23. The quantitative estimate of drug-likeness (QED) is 0.256. The van der Waals surface area contributed by atoms with Crippen molar-refractivity contribution in [1.82, 2.24) is 9.88 Å². The Morgan fingerprint density at radius 1 is 0.919 bits per heavy atom. The van der Waals surface area contributed by atoms with Crippen LogP contribution in [0.4, 0.5) is 18.9 Å². The maximum atomic E-state index is 13.5. The molecule has 1 aliphatic heterocycles. The molecule has 4 aromatic rings. The summed E-state index contributed by atoms with van der Waals surface area (Å²) in [4.78, 5) is 8.11. The molecule has 1 aliphatic rings. The normalized spacial score (nSPS) is 15.8. The summed E-state index contributed by atoms with van der Waals surface area (Å²) in [6.45, 7) is 5.34. The smallest absolute Gasteiger partial charge is 0.416 e. The summed E-state index contributed by atoms with van der Waals surface area (Å²) in [7, 11) is 0. The molecular weight excluding hydrogens is 499 g/mol. The minimum atomic E-state index is -4.42. The van der Waals surface area contributed by atoms with Crippen LogP contribution in [0.3, 0.4) is 0 Å². The topological polar surface area (TPSA) is 28.6 Å². The number of pyridine rings is 1. The molecule has 188 valence electrons. The number of hydrogen-bond acceptors (Lipinski definition) is 4. The molecule has 8 heteroatoms. The Balaban J connectivity index is 1.45. The van der Waals surface area contributed by atoms with Gasteiger partial charge in [-0.2, -0.15) is 13.2 Å². The number of ether oxygens (including phenoxy) is 1. The molecule has 1 unspecified atom stereocenters. The lowest BCUT2D eigenvalue weighted by Gasteiger charge is -2.28. The zero-order valence-corrected chi connectivity index (χ0v) is 20.5. The number of anilines is 1. The lowest BCUT2D eigenvalue weighted by atomic mass is 10.0. The van der Waals surface area contributed by atoms with Crippen LogP contribution in [0.15, 0.2) is 110 Å². The van der Waals surface area contributed by atoms with Crippen molar-refractivity contribution in [1.29, 1.82) is 0 Å². The van der Waals surface area contributed by atoms with Crippen molar-refractivity contribution in [3.05, 3.63) is 131 Å². The highest BCUT2D eigenvalue weighted by Crippen LogP contribution is 2.41. The summed E-state index contributed by atoms with van der Waals surface area (Å²) in [5.74, 6) is 1.97. The van der Waals surface area contributed by atoms with Gasteiger partial charge < -0.3 is 14.5 Å². The minimum absolute atomic E-state index is 0.361. The highest BCUT2D eigenvalue weighted by molar-refractivity contribution is 6.30. The summed E-state index contributed by atoms with van der Waals surface area (Å²) in [5, 5.41) is 0.618. The van der Waals surface area contributed by atoms with Gasteiger partial charge in [-0.25, -0.2) is 0 Å². The average molecular weight is 522 g/mol. The van der Waals surface area contributed by atoms with Crippen LogP contribution in [-0.4, -0.2) is 16.4 Å². The first-order valence-corrected chi connectivity index (χ1v) is 12.0.